The van der Waals surface area contributed by atoms with Gasteiger partial charge in [-0.25, -0.2) is 19.6 Å². The molecule has 0 bridgehead atoms. The van der Waals surface area contributed by atoms with Gasteiger partial charge in [0.15, 0.2) is 22.8 Å². The van der Waals surface area contributed by atoms with E-state index >= 15 is 0 Å². The van der Waals surface area contributed by atoms with Crippen molar-refractivity contribution in [2.75, 3.05) is 31.2 Å². The fourth-order valence-electron chi connectivity index (χ4n) is 4.55. The number of fused-ring (bicyclic) bond motifs is 1. The second-order valence-corrected chi connectivity index (χ2v) is 8.54. The maximum absolute atomic E-state index is 11.2. The molecule has 0 aliphatic carbocycles. The molecule has 182 valence electrons. The highest BCUT2D eigenvalue weighted by molar-refractivity contribution is 5.86. The number of aliphatic hydroxyl groups is 1. The van der Waals surface area contributed by atoms with Gasteiger partial charge in [-0.2, -0.15) is 5.10 Å². The van der Waals surface area contributed by atoms with E-state index < -0.39 is 6.10 Å². The van der Waals surface area contributed by atoms with Crippen LogP contribution in [0.5, 0.6) is 0 Å². The largest absolute Gasteiger partial charge is 0.380 e. The Morgan fingerprint density at radius 1 is 1.00 bits per heavy atom. The van der Waals surface area contributed by atoms with E-state index in [9.17, 15) is 5.11 Å². The van der Waals surface area contributed by atoms with Gasteiger partial charge in [0.2, 0.25) is 0 Å². The average Bonchev–Trinajstić information content (AvgIpc) is 3.61. The average molecular weight is 483 g/mol. The summed E-state index contributed by atoms with van der Waals surface area (Å²) in [5.74, 6) is 1.88. The number of morpholine rings is 1. The van der Waals surface area contributed by atoms with E-state index in [-0.39, 0.29) is 0 Å². The van der Waals surface area contributed by atoms with Gasteiger partial charge in [0, 0.05) is 50.0 Å². The number of aliphatic hydroxyl groups excluding tert-OH is 1. The molecule has 1 aliphatic rings. The first-order valence-corrected chi connectivity index (χ1v) is 12.0. The minimum absolute atomic E-state index is 0.532. The molecule has 0 spiro atoms. The van der Waals surface area contributed by atoms with Gasteiger partial charge >= 0.3 is 0 Å². The van der Waals surface area contributed by atoms with Crippen LogP contribution in [0.4, 0.5) is 5.82 Å². The number of anilines is 1. The molecule has 1 atom stereocenters. The maximum Gasteiger partial charge on any atom is 0.166 e. The standard InChI is InChI=1S/C26H26N8O2/c1-2-33-25-21(29-26(33)22(35)18-7-10-27-11-8-18)24(32-13-15-36-16-14-32)30-23(31-25)19-5-3-6-20(17-19)34-12-4-9-28-34/h3-12,17,22,35H,2,13-16H2,1H3. The van der Waals surface area contributed by atoms with Crippen molar-refractivity contribution in [1.82, 2.24) is 34.3 Å². The van der Waals surface area contributed by atoms with Crippen molar-refractivity contribution in [2.45, 2.75) is 19.6 Å². The Labute approximate surface area is 207 Å². The van der Waals surface area contributed by atoms with E-state index in [1.807, 2.05) is 52.7 Å². The van der Waals surface area contributed by atoms with Crippen molar-refractivity contribution in [3.05, 3.63) is 78.6 Å². The Morgan fingerprint density at radius 3 is 2.58 bits per heavy atom. The molecule has 0 saturated carbocycles. The zero-order valence-corrected chi connectivity index (χ0v) is 19.9. The Hall–Kier alpha value is -4.15. The first-order chi connectivity index (χ1) is 17.7. The molecule has 5 aromatic rings. The van der Waals surface area contributed by atoms with Crippen LogP contribution in [-0.2, 0) is 11.3 Å². The van der Waals surface area contributed by atoms with Crippen LogP contribution in [-0.4, -0.2) is 65.7 Å². The molecule has 10 heteroatoms. The molecule has 1 saturated heterocycles. The van der Waals surface area contributed by atoms with Crippen molar-refractivity contribution in [3.8, 4) is 17.1 Å². The summed E-state index contributed by atoms with van der Waals surface area (Å²) >= 11 is 0. The molecule has 10 nitrogen and oxygen atoms in total. The third-order valence-corrected chi connectivity index (χ3v) is 6.37. The molecule has 4 aromatic heterocycles. The Balaban J connectivity index is 1.54. The third kappa shape index (κ3) is 4.00. The number of benzene rings is 1. The molecule has 1 unspecified atom stereocenters. The lowest BCUT2D eigenvalue weighted by atomic mass is 10.1. The van der Waals surface area contributed by atoms with Crippen LogP contribution in [0.15, 0.2) is 67.3 Å². The van der Waals surface area contributed by atoms with E-state index in [0.29, 0.717) is 55.7 Å². The van der Waals surface area contributed by atoms with E-state index in [0.717, 1.165) is 22.6 Å². The molecule has 0 radical (unpaired) electrons. The van der Waals surface area contributed by atoms with E-state index in [1.54, 1.807) is 30.7 Å². The Kier molecular flexibility index (Phi) is 5.88. The maximum atomic E-state index is 11.2. The number of ether oxygens (including phenoxy) is 1. The smallest absolute Gasteiger partial charge is 0.166 e. The monoisotopic (exact) mass is 482 g/mol. The number of aromatic nitrogens is 7. The number of rotatable bonds is 6. The van der Waals surface area contributed by atoms with E-state index in [2.05, 4.69) is 15.0 Å². The van der Waals surface area contributed by atoms with Gasteiger partial charge in [-0.05, 0) is 42.8 Å². The summed E-state index contributed by atoms with van der Waals surface area (Å²) in [4.78, 5) is 21.1. The molecular weight excluding hydrogens is 456 g/mol. The first kappa shape index (κ1) is 22.3. The van der Waals surface area contributed by atoms with E-state index in [1.165, 1.54) is 0 Å². The molecular formula is C26H26N8O2. The van der Waals surface area contributed by atoms with Crippen molar-refractivity contribution in [2.24, 2.45) is 0 Å². The SMILES string of the molecule is CCn1c(C(O)c2ccncc2)nc2c(N3CCOCC3)nc(-c3cccc(-n4cccn4)c3)nc21. The van der Waals surface area contributed by atoms with Gasteiger partial charge in [-0.1, -0.05) is 12.1 Å². The van der Waals surface area contributed by atoms with Crippen LogP contribution < -0.4 is 4.90 Å². The van der Waals surface area contributed by atoms with Gasteiger partial charge in [-0.3, -0.25) is 4.98 Å². The Bertz CT molecular complexity index is 1480. The third-order valence-electron chi connectivity index (χ3n) is 6.37. The quantitative estimate of drug-likeness (QED) is 0.394. The second kappa shape index (κ2) is 9.48. The highest BCUT2D eigenvalue weighted by Crippen LogP contribution is 2.32. The van der Waals surface area contributed by atoms with Crippen molar-refractivity contribution in [1.29, 1.82) is 0 Å². The van der Waals surface area contributed by atoms with Crippen LogP contribution in [0, 0.1) is 0 Å². The van der Waals surface area contributed by atoms with Gasteiger partial charge in [0.25, 0.3) is 0 Å². The zero-order valence-electron chi connectivity index (χ0n) is 19.9. The summed E-state index contributed by atoms with van der Waals surface area (Å²) in [5.41, 5.74) is 3.89. The van der Waals surface area contributed by atoms with Crippen LogP contribution >= 0.6 is 0 Å². The predicted molar refractivity (Wildman–Crippen MR) is 135 cm³/mol. The lowest BCUT2D eigenvalue weighted by Crippen LogP contribution is -2.37. The molecule has 5 heterocycles. The molecule has 0 amide bonds. The number of pyridine rings is 1. The van der Waals surface area contributed by atoms with Crippen LogP contribution in [0.25, 0.3) is 28.2 Å². The highest BCUT2D eigenvalue weighted by atomic mass is 16.5. The number of imidazole rings is 1. The summed E-state index contributed by atoms with van der Waals surface area (Å²) in [6.07, 6.45) is 6.08. The summed E-state index contributed by atoms with van der Waals surface area (Å²) in [6.45, 7) is 5.28. The van der Waals surface area contributed by atoms with Gasteiger partial charge in [0.05, 0.1) is 18.9 Å². The molecule has 1 aromatic carbocycles. The summed E-state index contributed by atoms with van der Waals surface area (Å²) < 4.78 is 9.36. The van der Waals surface area contributed by atoms with Crippen molar-refractivity contribution < 1.29 is 9.84 Å². The fraction of sp³-hybridized carbons (Fsp3) is 0.269. The summed E-state index contributed by atoms with van der Waals surface area (Å²) in [6, 6.07) is 13.5. The fourth-order valence-corrected chi connectivity index (χ4v) is 4.55. The van der Waals surface area contributed by atoms with Gasteiger partial charge < -0.3 is 19.3 Å². The number of aryl methyl sites for hydroxylation is 1. The van der Waals surface area contributed by atoms with E-state index in [4.69, 9.17) is 19.7 Å². The molecule has 6 rings (SSSR count). The molecule has 1 fully saturated rings. The minimum Gasteiger partial charge on any atom is -0.380 e. The second-order valence-electron chi connectivity index (χ2n) is 8.54. The van der Waals surface area contributed by atoms with Crippen molar-refractivity contribution >= 4 is 17.0 Å². The van der Waals surface area contributed by atoms with Crippen molar-refractivity contribution in [3.63, 3.8) is 0 Å². The van der Waals surface area contributed by atoms with Crippen LogP contribution in [0.3, 0.4) is 0 Å². The van der Waals surface area contributed by atoms with Crippen LogP contribution in [0.1, 0.15) is 24.4 Å². The first-order valence-electron chi connectivity index (χ1n) is 12.0. The van der Waals surface area contributed by atoms with Gasteiger partial charge in [-0.15, -0.1) is 0 Å². The molecule has 1 aliphatic heterocycles. The predicted octanol–water partition coefficient (Wildman–Crippen LogP) is 3.01. The topological polar surface area (TPSA) is 107 Å². The summed E-state index contributed by atoms with van der Waals surface area (Å²) in [7, 11) is 0. The molecule has 1 N–H and O–H groups in total. The van der Waals surface area contributed by atoms with Crippen LogP contribution in [0.2, 0.25) is 0 Å². The number of hydrogen-bond donors (Lipinski definition) is 1. The van der Waals surface area contributed by atoms with Gasteiger partial charge in [0.1, 0.15) is 11.9 Å². The molecule has 36 heavy (non-hydrogen) atoms. The minimum atomic E-state index is -0.911. The summed E-state index contributed by atoms with van der Waals surface area (Å²) in [5, 5.41) is 15.6. The number of nitrogens with zero attached hydrogens (tertiary/aromatic N) is 8. The highest BCUT2D eigenvalue weighted by Gasteiger charge is 2.26. The number of hydrogen-bond acceptors (Lipinski definition) is 8. The lowest BCUT2D eigenvalue weighted by Gasteiger charge is -2.28. The normalized spacial score (nSPS) is 14.9. The zero-order chi connectivity index (χ0) is 24.5. The Morgan fingerprint density at radius 2 is 1.83 bits per heavy atom. The lowest BCUT2D eigenvalue weighted by molar-refractivity contribution is 0.122.